The number of thiazole rings is 1. The van der Waals surface area contributed by atoms with Crippen LogP contribution in [0.3, 0.4) is 0 Å². The fourth-order valence-electron chi connectivity index (χ4n) is 3.92. The van der Waals surface area contributed by atoms with Crippen LogP contribution in [0.15, 0.2) is 47.2 Å². The Labute approximate surface area is 236 Å². The van der Waals surface area contributed by atoms with Gasteiger partial charge >= 0.3 is 16.4 Å². The van der Waals surface area contributed by atoms with Gasteiger partial charge in [-0.3, -0.25) is 19.0 Å². The number of thiophene rings is 1. The van der Waals surface area contributed by atoms with Crippen molar-refractivity contribution in [2.75, 3.05) is 39.5 Å². The SMILES string of the molecule is COC(=O)N(C)C(CCCN(C)C)C(=O)N[C@@H](Cc1ccc(NS(=O)(=O)O)cc1)c1csc(-c2cccs2)n1. The molecule has 2 amide bonds. The van der Waals surface area contributed by atoms with Gasteiger partial charge in [0.25, 0.3) is 0 Å². The smallest absolute Gasteiger partial charge is 0.409 e. The van der Waals surface area contributed by atoms with Crippen molar-refractivity contribution in [3.05, 3.63) is 58.4 Å². The van der Waals surface area contributed by atoms with E-state index in [4.69, 9.17) is 14.3 Å². The van der Waals surface area contributed by atoms with E-state index in [0.717, 1.165) is 22.0 Å². The lowest BCUT2D eigenvalue weighted by atomic mass is 10.0. The molecule has 0 saturated carbocycles. The van der Waals surface area contributed by atoms with Crippen LogP contribution >= 0.6 is 22.7 Å². The van der Waals surface area contributed by atoms with Crippen molar-refractivity contribution in [2.24, 2.45) is 0 Å². The number of amides is 2. The summed E-state index contributed by atoms with van der Waals surface area (Å²) in [6, 6.07) is 9.10. The lowest BCUT2D eigenvalue weighted by Crippen LogP contribution is -2.49. The summed E-state index contributed by atoms with van der Waals surface area (Å²) in [5, 5.41) is 7.79. The Kier molecular flexibility index (Phi) is 10.8. The molecule has 39 heavy (non-hydrogen) atoms. The molecule has 1 aromatic carbocycles. The van der Waals surface area contributed by atoms with Crippen molar-refractivity contribution in [2.45, 2.75) is 31.3 Å². The molecule has 2 heterocycles. The molecule has 0 fully saturated rings. The summed E-state index contributed by atoms with van der Waals surface area (Å²) in [4.78, 5) is 35.0. The van der Waals surface area contributed by atoms with Gasteiger partial charge in [-0.25, -0.2) is 9.78 Å². The van der Waals surface area contributed by atoms with Crippen LogP contribution in [-0.2, 0) is 26.3 Å². The topological polar surface area (TPSA) is 141 Å². The van der Waals surface area contributed by atoms with E-state index in [1.165, 1.54) is 35.5 Å². The van der Waals surface area contributed by atoms with Crippen LogP contribution in [0.4, 0.5) is 10.5 Å². The Bertz CT molecular complexity index is 1330. The number of hydrogen-bond donors (Lipinski definition) is 3. The number of rotatable bonds is 13. The molecule has 3 rings (SSSR count). The van der Waals surface area contributed by atoms with Crippen molar-refractivity contribution < 1.29 is 27.3 Å². The van der Waals surface area contributed by atoms with Gasteiger partial charge in [0.2, 0.25) is 5.91 Å². The fraction of sp³-hybridized carbons (Fsp3) is 0.400. The monoisotopic (exact) mass is 595 g/mol. The molecule has 1 unspecified atom stereocenters. The van der Waals surface area contributed by atoms with Crippen molar-refractivity contribution in [1.82, 2.24) is 20.1 Å². The number of nitrogens with one attached hydrogen (secondary N) is 2. The fourth-order valence-corrected chi connectivity index (χ4v) is 6.04. The quantitative estimate of drug-likeness (QED) is 0.253. The molecule has 0 aliphatic carbocycles. The van der Waals surface area contributed by atoms with Gasteiger partial charge in [0.05, 0.1) is 29.4 Å². The second-order valence-corrected chi connectivity index (χ2v) is 12.1. The normalized spacial score (nSPS) is 13.1. The molecule has 0 bridgehead atoms. The molecule has 0 spiro atoms. The Morgan fingerprint density at radius 3 is 2.44 bits per heavy atom. The van der Waals surface area contributed by atoms with Gasteiger partial charge in [-0.1, -0.05) is 18.2 Å². The number of anilines is 1. The zero-order valence-electron chi connectivity index (χ0n) is 22.2. The number of nitrogens with zero attached hydrogens (tertiary/aromatic N) is 3. The summed E-state index contributed by atoms with van der Waals surface area (Å²) in [5.41, 5.74) is 1.68. The van der Waals surface area contributed by atoms with Crippen molar-refractivity contribution in [1.29, 1.82) is 0 Å². The van der Waals surface area contributed by atoms with Gasteiger partial charge < -0.3 is 15.0 Å². The first-order valence-electron chi connectivity index (χ1n) is 12.1. The molecular weight excluding hydrogens is 563 g/mol. The molecule has 3 N–H and O–H groups in total. The van der Waals surface area contributed by atoms with Crippen LogP contribution in [0, 0.1) is 0 Å². The van der Waals surface area contributed by atoms with Gasteiger partial charge in [0.1, 0.15) is 11.0 Å². The number of carbonyl (C=O) groups excluding carboxylic acids is 2. The Balaban J connectivity index is 1.87. The molecule has 14 heteroatoms. The number of likely N-dealkylation sites (N-methyl/N-ethyl adjacent to an activating group) is 1. The van der Waals surface area contributed by atoms with Crippen molar-refractivity contribution >= 4 is 50.7 Å². The minimum absolute atomic E-state index is 0.205. The van der Waals surface area contributed by atoms with Crippen molar-refractivity contribution in [3.63, 3.8) is 0 Å². The first kappa shape index (κ1) is 30.5. The van der Waals surface area contributed by atoms with E-state index >= 15 is 0 Å². The lowest BCUT2D eigenvalue weighted by molar-refractivity contribution is -0.126. The summed E-state index contributed by atoms with van der Waals surface area (Å²) in [6.07, 6.45) is 0.888. The van der Waals surface area contributed by atoms with Crippen LogP contribution < -0.4 is 10.0 Å². The van der Waals surface area contributed by atoms with Gasteiger partial charge in [-0.2, -0.15) is 8.42 Å². The van der Waals surface area contributed by atoms with Crippen molar-refractivity contribution in [3.8, 4) is 9.88 Å². The lowest BCUT2D eigenvalue weighted by Gasteiger charge is -2.28. The predicted octanol–water partition coefficient (Wildman–Crippen LogP) is 3.89. The molecule has 0 saturated heterocycles. The summed E-state index contributed by atoms with van der Waals surface area (Å²) < 4.78 is 38.1. The summed E-state index contributed by atoms with van der Waals surface area (Å²) in [6.45, 7) is 0.752. The Morgan fingerprint density at radius 2 is 1.85 bits per heavy atom. The first-order chi connectivity index (χ1) is 18.5. The van der Waals surface area contributed by atoms with E-state index in [-0.39, 0.29) is 11.6 Å². The third kappa shape index (κ3) is 9.28. The first-order valence-corrected chi connectivity index (χ1v) is 15.3. The largest absolute Gasteiger partial charge is 0.453 e. The van der Waals surface area contributed by atoms with Crippen LogP contribution in [0.2, 0.25) is 0 Å². The third-order valence-electron chi connectivity index (χ3n) is 5.88. The zero-order chi connectivity index (χ0) is 28.6. The van der Waals surface area contributed by atoms with Crippen LogP contribution in [-0.4, -0.2) is 80.6 Å². The maximum atomic E-state index is 13.6. The molecule has 2 aromatic heterocycles. The number of methoxy groups -OCH3 is 1. The number of benzene rings is 1. The van der Waals surface area contributed by atoms with Gasteiger partial charge in [-0.15, -0.1) is 22.7 Å². The van der Waals surface area contributed by atoms with E-state index in [9.17, 15) is 18.0 Å². The molecule has 2 atom stereocenters. The molecular formula is C25H33N5O6S3. The summed E-state index contributed by atoms with van der Waals surface area (Å²) in [7, 11) is 2.31. The highest BCUT2D eigenvalue weighted by molar-refractivity contribution is 7.87. The average molecular weight is 596 g/mol. The maximum Gasteiger partial charge on any atom is 0.409 e. The van der Waals surface area contributed by atoms with E-state index in [2.05, 4.69) is 5.32 Å². The molecule has 11 nitrogen and oxygen atoms in total. The molecule has 0 radical (unpaired) electrons. The minimum Gasteiger partial charge on any atom is -0.453 e. The van der Waals surface area contributed by atoms with Gasteiger partial charge in [-0.05, 0) is 69.0 Å². The maximum absolute atomic E-state index is 13.6. The number of ether oxygens (including phenoxy) is 1. The molecule has 3 aromatic rings. The predicted molar refractivity (Wildman–Crippen MR) is 153 cm³/mol. The molecule has 212 valence electrons. The second-order valence-electron chi connectivity index (χ2n) is 9.14. The second kappa shape index (κ2) is 13.8. The minimum atomic E-state index is -4.39. The van der Waals surface area contributed by atoms with E-state index in [0.29, 0.717) is 25.0 Å². The molecule has 0 aliphatic rings. The standard InChI is InChI=1S/C25H33N5O6S3/c1-29(2)13-5-7-21(30(3)25(32)36-4)23(31)26-19(20-16-38-24(27-20)22-8-6-14-37-22)15-17-9-11-18(12-10-17)28-39(33,34)35/h6,8-12,14,16,19,21,28H,5,7,13,15H2,1-4H3,(H,26,31)(H,33,34,35)/t19-,21?/m0/s1. The Hall–Kier alpha value is -3.04. The van der Waals surface area contributed by atoms with E-state index in [1.807, 2.05) is 46.6 Å². The average Bonchev–Trinajstić information content (AvgIpc) is 3.58. The van der Waals surface area contributed by atoms with Crippen LogP contribution in [0.25, 0.3) is 9.88 Å². The highest BCUT2D eigenvalue weighted by Gasteiger charge is 2.30. The summed E-state index contributed by atoms with van der Waals surface area (Å²) in [5.74, 6) is -0.331. The van der Waals surface area contributed by atoms with Crippen LogP contribution in [0.5, 0.6) is 0 Å². The van der Waals surface area contributed by atoms with E-state index in [1.54, 1.807) is 30.5 Å². The van der Waals surface area contributed by atoms with Gasteiger partial charge in [0, 0.05) is 12.4 Å². The summed E-state index contributed by atoms with van der Waals surface area (Å²) >= 11 is 3.05. The van der Waals surface area contributed by atoms with Crippen LogP contribution in [0.1, 0.15) is 30.1 Å². The zero-order valence-corrected chi connectivity index (χ0v) is 24.6. The number of carbonyl (C=O) groups is 2. The highest BCUT2D eigenvalue weighted by atomic mass is 32.2. The van der Waals surface area contributed by atoms with E-state index < -0.39 is 28.5 Å². The molecule has 0 aliphatic heterocycles. The number of hydrogen-bond acceptors (Lipinski definition) is 9. The highest BCUT2D eigenvalue weighted by Crippen LogP contribution is 2.31. The third-order valence-corrected chi connectivity index (χ3v) is 8.28. The van der Waals surface area contributed by atoms with Gasteiger partial charge in [0.15, 0.2) is 0 Å². The number of aromatic nitrogens is 1. The Morgan fingerprint density at radius 1 is 1.13 bits per heavy atom.